The number of rotatable bonds is 9. The Morgan fingerprint density at radius 3 is 2.11 bits per heavy atom. The predicted molar refractivity (Wildman–Crippen MR) is 101 cm³/mol. The largest absolute Gasteiger partial charge is 0.469 e. The van der Waals surface area contributed by atoms with Crippen LogP contribution in [0.15, 0.2) is 54.6 Å². The molecule has 2 aromatic carbocycles. The first-order valence-corrected chi connectivity index (χ1v) is 8.71. The maximum Gasteiger partial charge on any atom is 0.338 e. The Balaban J connectivity index is 1.79. The monoisotopic (exact) mass is 383 g/mol. The zero-order valence-corrected chi connectivity index (χ0v) is 15.5. The van der Waals surface area contributed by atoms with Crippen molar-refractivity contribution in [1.29, 1.82) is 0 Å². The normalized spacial score (nSPS) is 10.0. The van der Waals surface area contributed by atoms with Gasteiger partial charge in [0.1, 0.15) is 0 Å². The van der Waals surface area contributed by atoms with E-state index in [1.54, 1.807) is 36.4 Å². The van der Waals surface area contributed by atoms with E-state index in [1.807, 2.05) is 6.07 Å². The Kier molecular flexibility index (Phi) is 7.90. The topological polar surface area (TPSA) is 98.8 Å². The highest BCUT2D eigenvalue weighted by molar-refractivity contribution is 6.09. The molecule has 0 spiro atoms. The summed E-state index contributed by atoms with van der Waals surface area (Å²) in [5.74, 6) is -1.63. The molecule has 1 amide bonds. The van der Waals surface area contributed by atoms with Crippen LogP contribution < -0.4 is 5.32 Å². The molecule has 2 aromatic rings. The van der Waals surface area contributed by atoms with E-state index in [0.29, 0.717) is 17.5 Å². The molecule has 7 nitrogen and oxygen atoms in total. The molecule has 0 fully saturated rings. The average molecular weight is 383 g/mol. The Hall–Kier alpha value is -3.48. The molecule has 0 aliphatic carbocycles. The standard InChI is InChI=1S/C21H21NO6/c1-27-19(24)8-5-13-22-18(23)14-28-21(26)17-11-9-16(10-12-17)20(25)15-6-3-2-4-7-15/h2-4,6-7,9-12H,5,8,13-14H2,1H3,(H,22,23). The molecule has 0 aliphatic heterocycles. The van der Waals surface area contributed by atoms with Gasteiger partial charge in [0.25, 0.3) is 5.91 Å². The third kappa shape index (κ3) is 6.35. The number of methoxy groups -OCH3 is 1. The van der Waals surface area contributed by atoms with Crippen LogP contribution >= 0.6 is 0 Å². The van der Waals surface area contributed by atoms with Gasteiger partial charge >= 0.3 is 11.9 Å². The molecule has 146 valence electrons. The van der Waals surface area contributed by atoms with Crippen molar-refractivity contribution in [2.45, 2.75) is 12.8 Å². The number of benzene rings is 2. The molecule has 7 heteroatoms. The molecule has 28 heavy (non-hydrogen) atoms. The summed E-state index contributed by atoms with van der Waals surface area (Å²) in [6.45, 7) is -0.149. The van der Waals surface area contributed by atoms with Gasteiger partial charge in [0, 0.05) is 24.1 Å². The molecule has 0 bridgehead atoms. The minimum atomic E-state index is -0.663. The maximum absolute atomic E-state index is 12.3. The summed E-state index contributed by atoms with van der Waals surface area (Å²) in [6.07, 6.45) is 0.633. The molecule has 0 saturated carbocycles. The van der Waals surface area contributed by atoms with Gasteiger partial charge in [-0.3, -0.25) is 14.4 Å². The molecule has 0 heterocycles. The molecule has 0 aliphatic rings. The third-order valence-electron chi connectivity index (χ3n) is 3.86. The van der Waals surface area contributed by atoms with Crippen molar-refractivity contribution in [3.05, 3.63) is 71.3 Å². The molecule has 0 saturated heterocycles. The highest BCUT2D eigenvalue weighted by Crippen LogP contribution is 2.11. The van der Waals surface area contributed by atoms with Crippen molar-refractivity contribution in [3.63, 3.8) is 0 Å². The van der Waals surface area contributed by atoms with Crippen LogP contribution in [-0.4, -0.2) is 43.9 Å². The minimum absolute atomic E-state index is 0.146. The Morgan fingerprint density at radius 2 is 1.46 bits per heavy atom. The fourth-order valence-corrected chi connectivity index (χ4v) is 2.34. The van der Waals surface area contributed by atoms with Crippen molar-refractivity contribution in [2.75, 3.05) is 20.3 Å². The van der Waals surface area contributed by atoms with E-state index >= 15 is 0 Å². The van der Waals surface area contributed by atoms with Crippen LogP contribution in [0.3, 0.4) is 0 Å². The number of carbonyl (C=O) groups excluding carboxylic acids is 4. The first-order valence-electron chi connectivity index (χ1n) is 8.71. The number of ketones is 1. The summed E-state index contributed by atoms with van der Waals surface area (Å²) in [6, 6.07) is 14.9. The second-order valence-electron chi connectivity index (χ2n) is 5.88. The number of carbonyl (C=O) groups is 4. The van der Waals surface area contributed by atoms with Gasteiger partial charge in [0.2, 0.25) is 0 Å². The summed E-state index contributed by atoms with van der Waals surface area (Å²) in [7, 11) is 1.30. The molecule has 0 unspecified atom stereocenters. The predicted octanol–water partition coefficient (Wildman–Crippen LogP) is 2.14. The van der Waals surface area contributed by atoms with Crippen molar-refractivity contribution >= 4 is 23.6 Å². The summed E-state index contributed by atoms with van der Waals surface area (Å²) in [5, 5.41) is 2.54. The van der Waals surface area contributed by atoms with E-state index in [-0.39, 0.29) is 30.3 Å². The number of amides is 1. The number of hydrogen-bond acceptors (Lipinski definition) is 6. The Morgan fingerprint density at radius 1 is 0.857 bits per heavy atom. The third-order valence-corrected chi connectivity index (χ3v) is 3.86. The number of nitrogens with one attached hydrogen (secondary N) is 1. The second-order valence-corrected chi connectivity index (χ2v) is 5.88. The first kappa shape index (κ1) is 20.8. The SMILES string of the molecule is COC(=O)CCCNC(=O)COC(=O)c1ccc(C(=O)c2ccccc2)cc1. The average Bonchev–Trinajstić information content (AvgIpc) is 2.75. The Bertz CT molecular complexity index is 830. The van der Waals surface area contributed by atoms with Crippen molar-refractivity contribution in [3.8, 4) is 0 Å². The van der Waals surface area contributed by atoms with Gasteiger partial charge in [0.15, 0.2) is 12.4 Å². The van der Waals surface area contributed by atoms with Gasteiger partial charge in [0.05, 0.1) is 12.7 Å². The maximum atomic E-state index is 12.3. The Labute approximate surface area is 162 Å². The van der Waals surface area contributed by atoms with Crippen molar-refractivity contribution in [2.24, 2.45) is 0 Å². The van der Waals surface area contributed by atoms with Gasteiger partial charge in [-0.25, -0.2) is 4.79 Å². The quantitative estimate of drug-likeness (QED) is 0.405. The van der Waals surface area contributed by atoms with Crippen LogP contribution in [-0.2, 0) is 19.1 Å². The van der Waals surface area contributed by atoms with E-state index < -0.39 is 18.5 Å². The molecule has 0 radical (unpaired) electrons. The lowest BCUT2D eigenvalue weighted by atomic mass is 10.0. The van der Waals surface area contributed by atoms with E-state index in [4.69, 9.17) is 4.74 Å². The molecule has 1 N–H and O–H groups in total. The van der Waals surface area contributed by atoms with Crippen LogP contribution in [0.25, 0.3) is 0 Å². The first-order chi connectivity index (χ1) is 13.5. The van der Waals surface area contributed by atoms with E-state index in [2.05, 4.69) is 10.1 Å². The smallest absolute Gasteiger partial charge is 0.338 e. The molecule has 0 aromatic heterocycles. The minimum Gasteiger partial charge on any atom is -0.469 e. The van der Waals surface area contributed by atoms with E-state index in [9.17, 15) is 19.2 Å². The fraction of sp³-hybridized carbons (Fsp3) is 0.238. The number of ether oxygens (including phenoxy) is 2. The van der Waals surface area contributed by atoms with Crippen LogP contribution in [0.1, 0.15) is 39.1 Å². The highest BCUT2D eigenvalue weighted by atomic mass is 16.5. The highest BCUT2D eigenvalue weighted by Gasteiger charge is 2.13. The van der Waals surface area contributed by atoms with Crippen LogP contribution in [0.2, 0.25) is 0 Å². The van der Waals surface area contributed by atoms with Gasteiger partial charge < -0.3 is 14.8 Å². The van der Waals surface area contributed by atoms with Gasteiger partial charge in [-0.05, 0) is 18.6 Å². The number of esters is 2. The summed E-state index contributed by atoms with van der Waals surface area (Å²) in [4.78, 5) is 46.9. The van der Waals surface area contributed by atoms with Crippen molar-refractivity contribution < 1.29 is 28.7 Å². The van der Waals surface area contributed by atoms with Crippen LogP contribution in [0.4, 0.5) is 0 Å². The lowest BCUT2D eigenvalue weighted by molar-refractivity contribution is -0.140. The molecular weight excluding hydrogens is 362 g/mol. The summed E-state index contributed by atoms with van der Waals surface area (Å²) < 4.78 is 9.44. The van der Waals surface area contributed by atoms with E-state index in [0.717, 1.165) is 0 Å². The lowest BCUT2D eigenvalue weighted by Crippen LogP contribution is -2.29. The molecule has 2 rings (SSSR count). The zero-order chi connectivity index (χ0) is 20.4. The summed E-state index contributed by atoms with van der Waals surface area (Å²) >= 11 is 0. The fourth-order valence-electron chi connectivity index (χ4n) is 2.34. The van der Waals surface area contributed by atoms with Crippen molar-refractivity contribution in [1.82, 2.24) is 5.32 Å². The molecule has 0 atom stereocenters. The van der Waals surface area contributed by atoms with E-state index in [1.165, 1.54) is 19.2 Å². The van der Waals surface area contributed by atoms with Crippen LogP contribution in [0, 0.1) is 0 Å². The zero-order valence-electron chi connectivity index (χ0n) is 15.5. The van der Waals surface area contributed by atoms with Crippen LogP contribution in [0.5, 0.6) is 0 Å². The summed E-state index contributed by atoms with van der Waals surface area (Å²) in [5.41, 5.74) is 1.25. The van der Waals surface area contributed by atoms with Gasteiger partial charge in [-0.15, -0.1) is 0 Å². The number of hydrogen-bond donors (Lipinski definition) is 1. The van der Waals surface area contributed by atoms with Gasteiger partial charge in [-0.1, -0.05) is 42.5 Å². The second kappa shape index (κ2) is 10.6. The lowest BCUT2D eigenvalue weighted by Gasteiger charge is -2.07. The van der Waals surface area contributed by atoms with Gasteiger partial charge in [-0.2, -0.15) is 0 Å². The molecular formula is C21H21NO6.